The van der Waals surface area contributed by atoms with E-state index in [1.807, 2.05) is 0 Å². The highest BCUT2D eigenvalue weighted by Gasteiger charge is 2.40. The van der Waals surface area contributed by atoms with E-state index in [-0.39, 0.29) is 16.4 Å². The number of hydrogen-bond donors (Lipinski definition) is 0. The summed E-state index contributed by atoms with van der Waals surface area (Å²) in [5.74, 6) is 0.0514. The third-order valence-electron chi connectivity index (χ3n) is 2.88. The van der Waals surface area contributed by atoms with Crippen LogP contribution in [0.25, 0.3) is 0 Å². The van der Waals surface area contributed by atoms with Gasteiger partial charge in [0.2, 0.25) is 0 Å². The van der Waals surface area contributed by atoms with Gasteiger partial charge in [-0.1, -0.05) is 0 Å². The fourth-order valence-corrected chi connectivity index (χ4v) is 4.66. The summed E-state index contributed by atoms with van der Waals surface area (Å²) in [6.45, 7) is 1.73. The van der Waals surface area contributed by atoms with Crippen molar-refractivity contribution in [3.05, 3.63) is 12.4 Å². The Morgan fingerprint density at radius 1 is 1.53 bits per heavy atom. The quantitative estimate of drug-likeness (QED) is 0.735. The first kappa shape index (κ1) is 12.8. The van der Waals surface area contributed by atoms with Gasteiger partial charge in [0.15, 0.2) is 9.84 Å². The molecule has 1 fully saturated rings. The average molecular weight is 299 g/mol. The van der Waals surface area contributed by atoms with Gasteiger partial charge < -0.3 is 0 Å². The molecule has 0 spiro atoms. The smallest absolute Gasteiger partial charge is 0.264 e. The summed E-state index contributed by atoms with van der Waals surface area (Å²) in [6, 6.07) is 0. The molecule has 1 aliphatic rings. The molecule has 0 radical (unpaired) electrons. The number of sulfone groups is 1. The Kier molecular flexibility index (Phi) is 2.79. The molecule has 1 atom stereocenters. The van der Waals surface area contributed by atoms with Crippen LogP contribution in [0.2, 0.25) is 0 Å². The van der Waals surface area contributed by atoms with Crippen LogP contribution < -0.4 is 0 Å². The fraction of sp³-hybridized carbons (Fsp3) is 0.625. The van der Waals surface area contributed by atoms with Gasteiger partial charge in [-0.15, -0.1) is 0 Å². The van der Waals surface area contributed by atoms with Crippen LogP contribution in [0.15, 0.2) is 17.3 Å². The monoisotopic (exact) mass is 298 g/mol. The molecule has 0 aromatic carbocycles. The maximum absolute atomic E-state index is 11.4. The van der Waals surface area contributed by atoms with Crippen molar-refractivity contribution in [2.45, 2.75) is 23.8 Å². The van der Waals surface area contributed by atoms with Crippen molar-refractivity contribution < 1.29 is 16.8 Å². The Hall–Kier alpha value is -0.600. The molecule has 0 aliphatic carbocycles. The van der Waals surface area contributed by atoms with Crippen molar-refractivity contribution in [2.24, 2.45) is 0 Å². The molecule has 1 aliphatic heterocycles. The highest BCUT2D eigenvalue weighted by atomic mass is 35.7. The average Bonchev–Trinajstić information content (AvgIpc) is 2.70. The third-order valence-corrected chi connectivity index (χ3v) is 6.07. The van der Waals surface area contributed by atoms with Crippen LogP contribution in [-0.4, -0.2) is 38.1 Å². The topological polar surface area (TPSA) is 86.1 Å². The van der Waals surface area contributed by atoms with Crippen molar-refractivity contribution in [1.82, 2.24) is 9.78 Å². The summed E-state index contributed by atoms with van der Waals surface area (Å²) in [5.41, 5.74) is -0.696. The van der Waals surface area contributed by atoms with E-state index in [0.29, 0.717) is 6.42 Å². The van der Waals surface area contributed by atoms with Crippen molar-refractivity contribution >= 4 is 29.6 Å². The van der Waals surface area contributed by atoms with Crippen LogP contribution in [-0.2, 0) is 24.4 Å². The Morgan fingerprint density at radius 3 is 2.59 bits per heavy atom. The molecule has 1 aromatic rings. The molecule has 1 saturated heterocycles. The summed E-state index contributed by atoms with van der Waals surface area (Å²) in [4.78, 5) is -0.121. The summed E-state index contributed by atoms with van der Waals surface area (Å²) < 4.78 is 46.4. The fourth-order valence-electron chi connectivity index (χ4n) is 1.90. The van der Waals surface area contributed by atoms with Gasteiger partial charge in [0.25, 0.3) is 9.05 Å². The van der Waals surface area contributed by atoms with Gasteiger partial charge in [-0.05, 0) is 13.3 Å². The summed E-state index contributed by atoms with van der Waals surface area (Å²) in [7, 11) is -1.72. The molecule has 0 N–H and O–H groups in total. The Balaban J connectivity index is 2.40. The second-order valence-corrected chi connectivity index (χ2v) is 9.15. The van der Waals surface area contributed by atoms with Crippen LogP contribution in [0.5, 0.6) is 0 Å². The molecular formula is C8H11ClN2O4S2. The lowest BCUT2D eigenvalue weighted by molar-refractivity contribution is 0.328. The first-order valence-electron chi connectivity index (χ1n) is 4.83. The molecule has 96 valence electrons. The lowest BCUT2D eigenvalue weighted by atomic mass is 10.0. The molecule has 9 heteroatoms. The van der Waals surface area contributed by atoms with Gasteiger partial charge in [0, 0.05) is 16.9 Å². The molecule has 0 amide bonds. The minimum absolute atomic E-state index is 0.0382. The molecular weight excluding hydrogens is 288 g/mol. The first-order chi connectivity index (χ1) is 7.62. The van der Waals surface area contributed by atoms with Gasteiger partial charge in [-0.2, -0.15) is 5.10 Å². The summed E-state index contributed by atoms with van der Waals surface area (Å²) >= 11 is 0. The Labute approximate surface area is 104 Å². The number of rotatable bonds is 2. The lowest BCUT2D eigenvalue weighted by Gasteiger charge is -2.22. The van der Waals surface area contributed by atoms with E-state index in [0.717, 1.165) is 6.20 Å². The normalized spacial score (nSPS) is 28.4. The number of aromatic nitrogens is 2. The maximum atomic E-state index is 11.4. The van der Waals surface area contributed by atoms with Crippen molar-refractivity contribution in [2.75, 3.05) is 11.5 Å². The predicted molar refractivity (Wildman–Crippen MR) is 62.2 cm³/mol. The zero-order chi connectivity index (χ0) is 12.9. The molecule has 6 nitrogen and oxygen atoms in total. The van der Waals surface area contributed by atoms with Gasteiger partial charge >= 0.3 is 0 Å². The predicted octanol–water partition coefficient (Wildman–Crippen LogP) is 0.344. The van der Waals surface area contributed by atoms with E-state index in [2.05, 4.69) is 5.10 Å². The number of nitrogens with zero attached hydrogens (tertiary/aromatic N) is 2. The van der Waals surface area contributed by atoms with Crippen LogP contribution >= 0.6 is 10.7 Å². The van der Waals surface area contributed by atoms with Gasteiger partial charge in [0.1, 0.15) is 4.90 Å². The summed E-state index contributed by atoms with van der Waals surface area (Å²) in [5, 5.41) is 3.89. The SMILES string of the molecule is CC1(n2cc(S(=O)(=O)Cl)cn2)CCS(=O)(=O)C1. The third kappa shape index (κ3) is 2.48. The van der Waals surface area contributed by atoms with E-state index in [9.17, 15) is 16.8 Å². The number of hydrogen-bond acceptors (Lipinski definition) is 5. The van der Waals surface area contributed by atoms with Crippen molar-refractivity contribution in [1.29, 1.82) is 0 Å². The van der Waals surface area contributed by atoms with E-state index >= 15 is 0 Å². The van der Waals surface area contributed by atoms with E-state index in [1.165, 1.54) is 10.9 Å². The van der Waals surface area contributed by atoms with Crippen molar-refractivity contribution in [3.63, 3.8) is 0 Å². The number of halogens is 1. The lowest BCUT2D eigenvalue weighted by Crippen LogP contribution is -2.31. The molecule has 1 aromatic heterocycles. The van der Waals surface area contributed by atoms with Crippen molar-refractivity contribution in [3.8, 4) is 0 Å². The highest BCUT2D eigenvalue weighted by Crippen LogP contribution is 2.30. The van der Waals surface area contributed by atoms with Crippen LogP contribution in [0.1, 0.15) is 13.3 Å². The second-order valence-electron chi connectivity index (χ2n) is 4.40. The van der Waals surface area contributed by atoms with E-state index in [4.69, 9.17) is 10.7 Å². The largest absolute Gasteiger partial charge is 0.264 e. The van der Waals surface area contributed by atoms with Gasteiger partial charge in [-0.25, -0.2) is 16.8 Å². The van der Waals surface area contributed by atoms with Crippen LogP contribution in [0.4, 0.5) is 0 Å². The van der Waals surface area contributed by atoms with Gasteiger partial charge in [0.05, 0.1) is 23.2 Å². The van der Waals surface area contributed by atoms with E-state index < -0.39 is 24.4 Å². The molecule has 0 saturated carbocycles. The molecule has 0 bridgehead atoms. The zero-order valence-electron chi connectivity index (χ0n) is 9.00. The molecule has 17 heavy (non-hydrogen) atoms. The Morgan fingerprint density at radius 2 is 2.18 bits per heavy atom. The Bertz CT molecular complexity index is 649. The molecule has 2 heterocycles. The summed E-state index contributed by atoms with van der Waals surface area (Å²) in [6.07, 6.45) is 2.81. The van der Waals surface area contributed by atoms with Gasteiger partial charge in [-0.3, -0.25) is 4.68 Å². The molecule has 1 unspecified atom stereocenters. The van der Waals surface area contributed by atoms with Crippen LogP contribution in [0, 0.1) is 0 Å². The minimum Gasteiger partial charge on any atom is -0.264 e. The maximum Gasteiger partial charge on any atom is 0.264 e. The van der Waals surface area contributed by atoms with E-state index in [1.54, 1.807) is 6.92 Å². The standard InChI is InChI=1S/C8H11ClN2O4S2/c1-8(2-3-16(12,13)6-8)11-5-7(4-10-11)17(9,14)15/h4-5H,2-3,6H2,1H3. The first-order valence-corrected chi connectivity index (χ1v) is 8.96. The second kappa shape index (κ2) is 3.69. The highest BCUT2D eigenvalue weighted by molar-refractivity contribution is 8.13. The zero-order valence-corrected chi connectivity index (χ0v) is 11.4. The minimum atomic E-state index is -3.83. The molecule has 2 rings (SSSR count). The van der Waals surface area contributed by atoms with Crippen LogP contribution in [0.3, 0.4) is 0 Å².